The van der Waals surface area contributed by atoms with Crippen LogP contribution in [-0.2, 0) is 14.3 Å². The topological polar surface area (TPSA) is 104 Å². The molecule has 2 rings (SSSR count). The summed E-state index contributed by atoms with van der Waals surface area (Å²) in [5.41, 5.74) is 2.04. The Hall–Kier alpha value is -3.42. The number of hydrogen-bond donors (Lipinski definition) is 1. The lowest BCUT2D eigenvalue weighted by Crippen LogP contribution is -2.40. The number of aromatic nitrogens is 1. The molecular formula is C22H26N2O6. The van der Waals surface area contributed by atoms with E-state index in [1.807, 2.05) is 38.1 Å². The highest BCUT2D eigenvalue weighted by atomic mass is 16.6. The third kappa shape index (κ3) is 5.79. The van der Waals surface area contributed by atoms with E-state index in [2.05, 4.69) is 10.3 Å². The number of amides is 1. The molecule has 2 atom stereocenters. The van der Waals surface area contributed by atoms with Gasteiger partial charge in [0.25, 0.3) is 5.91 Å². The first-order valence-corrected chi connectivity index (χ1v) is 9.49. The second-order valence-electron chi connectivity index (χ2n) is 6.87. The molecule has 2 aromatic rings. The van der Waals surface area contributed by atoms with E-state index < -0.39 is 23.9 Å². The largest absolute Gasteiger partial charge is 0.493 e. The van der Waals surface area contributed by atoms with Gasteiger partial charge in [0.1, 0.15) is 6.04 Å². The minimum atomic E-state index is -0.931. The zero-order valence-electron chi connectivity index (χ0n) is 17.7. The molecule has 30 heavy (non-hydrogen) atoms. The highest BCUT2D eigenvalue weighted by molar-refractivity contribution is 5.98. The maximum Gasteiger partial charge on any atom is 0.328 e. The van der Waals surface area contributed by atoms with Gasteiger partial charge in [-0.25, -0.2) is 9.78 Å². The van der Waals surface area contributed by atoms with Crippen LogP contribution in [0.5, 0.6) is 11.5 Å². The van der Waals surface area contributed by atoms with Gasteiger partial charge in [-0.3, -0.25) is 9.59 Å². The van der Waals surface area contributed by atoms with Gasteiger partial charge in [0.15, 0.2) is 11.4 Å². The van der Waals surface area contributed by atoms with Gasteiger partial charge in [-0.2, -0.15) is 0 Å². The number of nitrogens with zero attached hydrogens (tertiary/aromatic N) is 1. The van der Waals surface area contributed by atoms with Crippen LogP contribution in [0.4, 0.5) is 0 Å². The molecule has 1 aromatic carbocycles. The summed E-state index contributed by atoms with van der Waals surface area (Å²) >= 11 is 0. The first-order valence-electron chi connectivity index (χ1n) is 9.49. The van der Waals surface area contributed by atoms with Crippen molar-refractivity contribution in [3.05, 3.63) is 53.3 Å². The van der Waals surface area contributed by atoms with E-state index in [-0.39, 0.29) is 29.7 Å². The lowest BCUT2D eigenvalue weighted by Gasteiger charge is -2.18. The standard InChI is InChI=1S/C22H26N2O6/c1-13-8-6-7-9-17(13)14(2)12-29-22(27)15(3)24-21(26)19-20(30-16(4)25)18(28-5)10-11-23-19/h6-11,14-15H,12H2,1-5H3,(H,24,26). The Morgan fingerprint density at radius 3 is 2.47 bits per heavy atom. The number of aryl methyl sites for hydroxylation is 1. The zero-order chi connectivity index (χ0) is 22.3. The number of methoxy groups -OCH3 is 1. The van der Waals surface area contributed by atoms with Crippen molar-refractivity contribution in [3.63, 3.8) is 0 Å². The number of carbonyl (C=O) groups excluding carboxylic acids is 3. The molecule has 0 saturated heterocycles. The summed E-state index contributed by atoms with van der Waals surface area (Å²) < 4.78 is 15.6. The summed E-state index contributed by atoms with van der Waals surface area (Å²) in [7, 11) is 1.37. The maximum absolute atomic E-state index is 12.6. The predicted octanol–water partition coefficient (Wildman–Crippen LogP) is 2.79. The van der Waals surface area contributed by atoms with Crippen LogP contribution >= 0.6 is 0 Å². The molecular weight excluding hydrogens is 388 g/mol. The van der Waals surface area contributed by atoms with E-state index in [1.165, 1.54) is 33.2 Å². The zero-order valence-corrected chi connectivity index (χ0v) is 17.7. The Bertz CT molecular complexity index is 928. The molecule has 0 radical (unpaired) electrons. The van der Waals surface area contributed by atoms with E-state index in [4.69, 9.17) is 14.2 Å². The van der Waals surface area contributed by atoms with Crippen molar-refractivity contribution in [3.8, 4) is 11.5 Å². The second-order valence-corrected chi connectivity index (χ2v) is 6.87. The molecule has 1 amide bonds. The van der Waals surface area contributed by atoms with Gasteiger partial charge in [-0.05, 0) is 25.0 Å². The highest BCUT2D eigenvalue weighted by Gasteiger charge is 2.25. The fraction of sp³-hybridized carbons (Fsp3) is 0.364. The molecule has 1 heterocycles. The fourth-order valence-electron chi connectivity index (χ4n) is 2.88. The van der Waals surface area contributed by atoms with E-state index in [0.29, 0.717) is 0 Å². The molecule has 0 fully saturated rings. The van der Waals surface area contributed by atoms with Crippen molar-refractivity contribution in [1.29, 1.82) is 0 Å². The molecule has 0 aliphatic heterocycles. The van der Waals surface area contributed by atoms with Gasteiger partial charge in [0, 0.05) is 25.1 Å². The first-order chi connectivity index (χ1) is 14.2. The van der Waals surface area contributed by atoms with Crippen LogP contribution in [0.1, 0.15) is 48.3 Å². The average Bonchev–Trinajstić information content (AvgIpc) is 2.71. The van der Waals surface area contributed by atoms with Gasteiger partial charge in [0.05, 0.1) is 13.7 Å². The Labute approximate surface area is 175 Å². The lowest BCUT2D eigenvalue weighted by atomic mass is 9.97. The molecule has 0 aliphatic rings. The molecule has 160 valence electrons. The number of pyridine rings is 1. The summed E-state index contributed by atoms with van der Waals surface area (Å²) in [6, 6.07) is 8.40. The van der Waals surface area contributed by atoms with Crippen molar-refractivity contribution in [2.75, 3.05) is 13.7 Å². The Morgan fingerprint density at radius 2 is 1.83 bits per heavy atom. The van der Waals surface area contributed by atoms with Gasteiger partial charge in [-0.15, -0.1) is 0 Å². The van der Waals surface area contributed by atoms with Crippen LogP contribution in [0.15, 0.2) is 36.5 Å². The summed E-state index contributed by atoms with van der Waals surface area (Å²) in [5, 5.41) is 2.51. The van der Waals surface area contributed by atoms with Gasteiger partial charge >= 0.3 is 11.9 Å². The quantitative estimate of drug-likeness (QED) is 0.663. The highest BCUT2D eigenvalue weighted by Crippen LogP contribution is 2.29. The summed E-state index contributed by atoms with van der Waals surface area (Å²) in [4.78, 5) is 40.3. The molecule has 0 spiro atoms. The lowest BCUT2D eigenvalue weighted by molar-refractivity contribution is -0.146. The predicted molar refractivity (Wildman–Crippen MR) is 110 cm³/mol. The maximum atomic E-state index is 12.6. The fourth-order valence-corrected chi connectivity index (χ4v) is 2.88. The third-order valence-corrected chi connectivity index (χ3v) is 4.45. The van der Waals surface area contributed by atoms with Crippen molar-refractivity contribution in [2.45, 2.75) is 39.7 Å². The second kappa shape index (κ2) is 10.4. The van der Waals surface area contributed by atoms with Gasteiger partial charge < -0.3 is 19.5 Å². The summed E-state index contributed by atoms with van der Waals surface area (Å²) in [6.07, 6.45) is 1.34. The molecule has 2 unspecified atom stereocenters. The van der Waals surface area contributed by atoms with E-state index >= 15 is 0 Å². The van der Waals surface area contributed by atoms with Crippen molar-refractivity contribution >= 4 is 17.8 Å². The number of nitrogens with one attached hydrogen (secondary N) is 1. The van der Waals surface area contributed by atoms with Gasteiger partial charge in [-0.1, -0.05) is 31.2 Å². The molecule has 8 heteroatoms. The van der Waals surface area contributed by atoms with Crippen LogP contribution in [0.25, 0.3) is 0 Å². The van der Waals surface area contributed by atoms with Crippen molar-refractivity contribution in [1.82, 2.24) is 10.3 Å². The molecule has 8 nitrogen and oxygen atoms in total. The molecule has 1 N–H and O–H groups in total. The third-order valence-electron chi connectivity index (χ3n) is 4.45. The monoisotopic (exact) mass is 414 g/mol. The number of ether oxygens (including phenoxy) is 3. The van der Waals surface area contributed by atoms with Crippen LogP contribution < -0.4 is 14.8 Å². The SMILES string of the molecule is COc1ccnc(C(=O)NC(C)C(=O)OCC(C)c2ccccc2C)c1OC(C)=O. The Morgan fingerprint density at radius 1 is 1.13 bits per heavy atom. The van der Waals surface area contributed by atoms with Crippen LogP contribution in [0.3, 0.4) is 0 Å². The van der Waals surface area contributed by atoms with E-state index in [9.17, 15) is 14.4 Å². The van der Waals surface area contributed by atoms with Crippen LogP contribution in [0.2, 0.25) is 0 Å². The summed E-state index contributed by atoms with van der Waals surface area (Å²) in [5.74, 6) is -1.84. The number of hydrogen-bond acceptors (Lipinski definition) is 7. The van der Waals surface area contributed by atoms with Crippen molar-refractivity contribution in [2.24, 2.45) is 0 Å². The normalized spacial score (nSPS) is 12.4. The Balaban J connectivity index is 2.02. The van der Waals surface area contributed by atoms with Crippen LogP contribution in [-0.4, -0.2) is 42.6 Å². The number of rotatable bonds is 8. The smallest absolute Gasteiger partial charge is 0.328 e. The van der Waals surface area contributed by atoms with E-state index in [0.717, 1.165) is 11.1 Å². The van der Waals surface area contributed by atoms with Crippen molar-refractivity contribution < 1.29 is 28.6 Å². The minimum absolute atomic E-state index is 0.00803. The number of carbonyl (C=O) groups is 3. The van der Waals surface area contributed by atoms with E-state index in [1.54, 1.807) is 0 Å². The molecule has 0 bridgehead atoms. The molecule has 0 saturated carbocycles. The summed E-state index contributed by atoms with van der Waals surface area (Å²) in [6.45, 7) is 6.84. The molecule has 1 aromatic heterocycles. The Kier molecular flexibility index (Phi) is 7.91. The minimum Gasteiger partial charge on any atom is -0.493 e. The first kappa shape index (κ1) is 22.9. The average molecular weight is 414 g/mol. The number of esters is 2. The van der Waals surface area contributed by atoms with Gasteiger partial charge in [0.2, 0.25) is 5.75 Å². The number of benzene rings is 1. The van der Waals surface area contributed by atoms with Crippen LogP contribution in [0, 0.1) is 6.92 Å². The molecule has 0 aliphatic carbocycles.